The van der Waals surface area contributed by atoms with Gasteiger partial charge in [-0.05, 0) is 31.5 Å². The Labute approximate surface area is 150 Å². The van der Waals surface area contributed by atoms with Crippen LogP contribution in [0.1, 0.15) is 18.9 Å². The standard InChI is InChI=1S/C16H26N4O.HI/c1-3-20-9-8-13(11-20)10-18-16(17)19-15-7-5-4-6-14(15)12-21-2;/h4-7,13H,3,8-12H2,1-2H3,(H3,17,18,19);1H. The molecule has 1 saturated heterocycles. The van der Waals surface area contributed by atoms with Gasteiger partial charge < -0.3 is 20.7 Å². The number of halogens is 1. The van der Waals surface area contributed by atoms with E-state index in [0.717, 1.165) is 30.9 Å². The van der Waals surface area contributed by atoms with Crippen LogP contribution in [-0.4, -0.2) is 44.1 Å². The second kappa shape index (κ2) is 10.0. The molecule has 1 atom stereocenters. The number of ether oxygens (including phenoxy) is 1. The van der Waals surface area contributed by atoms with Crippen molar-refractivity contribution in [2.45, 2.75) is 20.0 Å². The predicted molar refractivity (Wildman–Crippen MR) is 103 cm³/mol. The van der Waals surface area contributed by atoms with Gasteiger partial charge in [-0.25, -0.2) is 0 Å². The molecule has 1 aromatic carbocycles. The SMILES string of the molecule is CCN1CCC(CN=C(N)Nc2ccccc2COC)C1.I. The molecule has 22 heavy (non-hydrogen) atoms. The van der Waals surface area contributed by atoms with E-state index < -0.39 is 0 Å². The van der Waals surface area contributed by atoms with Gasteiger partial charge >= 0.3 is 0 Å². The first kappa shape index (κ1) is 19.2. The summed E-state index contributed by atoms with van der Waals surface area (Å²) in [5.41, 5.74) is 8.04. The van der Waals surface area contributed by atoms with Gasteiger partial charge in [-0.3, -0.25) is 4.99 Å². The number of anilines is 1. The number of aliphatic imine (C=N–C) groups is 1. The maximum atomic E-state index is 6.00. The summed E-state index contributed by atoms with van der Waals surface area (Å²) in [7, 11) is 1.69. The maximum absolute atomic E-state index is 6.00. The van der Waals surface area contributed by atoms with Crippen molar-refractivity contribution in [1.82, 2.24) is 4.90 Å². The Hall–Kier alpha value is -0.860. The molecule has 1 aromatic rings. The van der Waals surface area contributed by atoms with E-state index in [9.17, 15) is 0 Å². The second-order valence-corrected chi connectivity index (χ2v) is 5.49. The van der Waals surface area contributed by atoms with Crippen LogP contribution in [0.15, 0.2) is 29.3 Å². The molecule has 5 nitrogen and oxygen atoms in total. The van der Waals surface area contributed by atoms with Crippen molar-refractivity contribution in [2.24, 2.45) is 16.6 Å². The van der Waals surface area contributed by atoms with Crippen molar-refractivity contribution in [1.29, 1.82) is 0 Å². The zero-order valence-corrected chi connectivity index (χ0v) is 15.7. The first-order valence-corrected chi connectivity index (χ1v) is 7.59. The molecular weight excluding hydrogens is 391 g/mol. The quantitative estimate of drug-likeness (QED) is 0.424. The minimum Gasteiger partial charge on any atom is -0.380 e. The Kier molecular flexibility index (Phi) is 8.74. The number of methoxy groups -OCH3 is 1. The molecular formula is C16H27IN4O. The first-order valence-electron chi connectivity index (χ1n) is 7.59. The molecule has 1 aliphatic rings. The van der Waals surface area contributed by atoms with Crippen LogP contribution in [-0.2, 0) is 11.3 Å². The van der Waals surface area contributed by atoms with Crippen molar-refractivity contribution in [3.63, 3.8) is 0 Å². The van der Waals surface area contributed by atoms with Crippen LogP contribution in [0.25, 0.3) is 0 Å². The van der Waals surface area contributed by atoms with E-state index >= 15 is 0 Å². The molecule has 6 heteroatoms. The van der Waals surface area contributed by atoms with Crippen molar-refractivity contribution >= 4 is 35.6 Å². The molecule has 0 radical (unpaired) electrons. The van der Waals surface area contributed by atoms with Gasteiger partial charge in [0.2, 0.25) is 0 Å². The van der Waals surface area contributed by atoms with E-state index in [1.54, 1.807) is 7.11 Å². The lowest BCUT2D eigenvalue weighted by Crippen LogP contribution is -2.25. The Balaban J connectivity index is 0.00000242. The zero-order valence-electron chi connectivity index (χ0n) is 13.4. The molecule has 0 spiro atoms. The van der Waals surface area contributed by atoms with Gasteiger partial charge in [0.25, 0.3) is 0 Å². The zero-order chi connectivity index (χ0) is 15.1. The third-order valence-corrected chi connectivity index (χ3v) is 3.92. The number of rotatable bonds is 6. The van der Waals surface area contributed by atoms with Crippen LogP contribution in [0.2, 0.25) is 0 Å². The minimum atomic E-state index is 0. The number of hydrogen-bond donors (Lipinski definition) is 2. The molecule has 0 aliphatic carbocycles. The van der Waals surface area contributed by atoms with Gasteiger partial charge in [0, 0.05) is 31.5 Å². The summed E-state index contributed by atoms with van der Waals surface area (Å²) < 4.78 is 5.19. The number of para-hydroxylation sites is 1. The Morgan fingerprint density at radius 2 is 2.23 bits per heavy atom. The normalized spacial score (nSPS) is 19.0. The van der Waals surface area contributed by atoms with E-state index in [4.69, 9.17) is 10.5 Å². The highest BCUT2D eigenvalue weighted by atomic mass is 127. The van der Waals surface area contributed by atoms with Crippen molar-refractivity contribution in [3.05, 3.63) is 29.8 Å². The summed E-state index contributed by atoms with van der Waals surface area (Å²) in [6, 6.07) is 7.98. The molecule has 0 aromatic heterocycles. The third-order valence-electron chi connectivity index (χ3n) is 3.92. The highest BCUT2D eigenvalue weighted by Crippen LogP contribution is 2.17. The van der Waals surface area contributed by atoms with Gasteiger partial charge in [-0.2, -0.15) is 0 Å². The summed E-state index contributed by atoms with van der Waals surface area (Å²) in [6.07, 6.45) is 1.21. The molecule has 2 rings (SSSR count). The maximum Gasteiger partial charge on any atom is 0.193 e. The van der Waals surface area contributed by atoms with Crippen molar-refractivity contribution < 1.29 is 4.74 Å². The molecule has 1 heterocycles. The summed E-state index contributed by atoms with van der Waals surface area (Å²) in [5, 5.41) is 3.18. The Morgan fingerprint density at radius 3 is 2.91 bits per heavy atom. The van der Waals surface area contributed by atoms with Crippen molar-refractivity contribution in [2.75, 3.05) is 38.6 Å². The Bertz CT molecular complexity index is 481. The average molecular weight is 418 g/mol. The van der Waals surface area contributed by atoms with E-state index in [0.29, 0.717) is 18.5 Å². The van der Waals surface area contributed by atoms with Gasteiger partial charge in [0.15, 0.2) is 5.96 Å². The number of nitrogens with zero attached hydrogens (tertiary/aromatic N) is 2. The minimum absolute atomic E-state index is 0. The van der Waals surface area contributed by atoms with Gasteiger partial charge in [0.1, 0.15) is 0 Å². The lowest BCUT2D eigenvalue weighted by atomic mass is 10.1. The number of nitrogens with two attached hydrogens (primary N) is 1. The second-order valence-electron chi connectivity index (χ2n) is 5.49. The number of benzene rings is 1. The lowest BCUT2D eigenvalue weighted by Gasteiger charge is -2.13. The van der Waals surface area contributed by atoms with Gasteiger partial charge in [-0.15, -0.1) is 24.0 Å². The molecule has 1 unspecified atom stereocenters. The van der Waals surface area contributed by atoms with E-state index in [-0.39, 0.29) is 24.0 Å². The highest BCUT2D eigenvalue weighted by Gasteiger charge is 2.20. The van der Waals surface area contributed by atoms with Crippen LogP contribution in [0.5, 0.6) is 0 Å². The smallest absolute Gasteiger partial charge is 0.193 e. The van der Waals surface area contributed by atoms with E-state index in [1.165, 1.54) is 13.0 Å². The number of nitrogens with one attached hydrogen (secondary N) is 1. The third kappa shape index (κ3) is 5.73. The summed E-state index contributed by atoms with van der Waals surface area (Å²) in [4.78, 5) is 6.94. The van der Waals surface area contributed by atoms with Gasteiger partial charge in [0.05, 0.1) is 6.61 Å². The summed E-state index contributed by atoms with van der Waals surface area (Å²) in [6.45, 7) is 6.99. The first-order chi connectivity index (χ1) is 10.2. The van der Waals surface area contributed by atoms with Gasteiger partial charge in [-0.1, -0.05) is 25.1 Å². The van der Waals surface area contributed by atoms with E-state index in [1.807, 2.05) is 24.3 Å². The molecule has 0 bridgehead atoms. The highest BCUT2D eigenvalue weighted by molar-refractivity contribution is 14.0. The van der Waals surface area contributed by atoms with Crippen LogP contribution in [0.4, 0.5) is 5.69 Å². The molecule has 1 aliphatic heterocycles. The molecule has 0 amide bonds. The molecule has 3 N–H and O–H groups in total. The molecule has 0 saturated carbocycles. The molecule has 124 valence electrons. The van der Waals surface area contributed by atoms with Crippen LogP contribution >= 0.6 is 24.0 Å². The fourth-order valence-electron chi connectivity index (χ4n) is 2.68. The number of hydrogen-bond acceptors (Lipinski definition) is 3. The molecule has 1 fully saturated rings. The average Bonchev–Trinajstić information content (AvgIpc) is 2.95. The topological polar surface area (TPSA) is 62.9 Å². The largest absolute Gasteiger partial charge is 0.380 e. The van der Waals surface area contributed by atoms with Crippen LogP contribution in [0.3, 0.4) is 0 Å². The lowest BCUT2D eigenvalue weighted by molar-refractivity contribution is 0.185. The van der Waals surface area contributed by atoms with Crippen LogP contribution in [0, 0.1) is 5.92 Å². The predicted octanol–water partition coefficient (Wildman–Crippen LogP) is 2.52. The Morgan fingerprint density at radius 1 is 1.45 bits per heavy atom. The van der Waals surface area contributed by atoms with E-state index in [2.05, 4.69) is 22.1 Å². The fourth-order valence-corrected chi connectivity index (χ4v) is 2.68. The van der Waals surface area contributed by atoms with Crippen molar-refractivity contribution in [3.8, 4) is 0 Å². The monoisotopic (exact) mass is 418 g/mol. The number of likely N-dealkylation sites (tertiary alicyclic amines) is 1. The summed E-state index contributed by atoms with van der Waals surface area (Å²) in [5.74, 6) is 1.10. The fraction of sp³-hybridized carbons (Fsp3) is 0.562. The summed E-state index contributed by atoms with van der Waals surface area (Å²) >= 11 is 0. The van der Waals surface area contributed by atoms with Crippen LogP contribution < -0.4 is 11.1 Å². The number of guanidine groups is 1.